The summed E-state index contributed by atoms with van der Waals surface area (Å²) in [7, 11) is 0. The Hall–Kier alpha value is 2.88. The molecule has 0 fully saturated rings. The molecule has 0 unspecified atom stereocenters. The van der Waals surface area contributed by atoms with Crippen LogP contribution in [0.15, 0.2) is 0 Å². The van der Waals surface area contributed by atoms with Crippen LogP contribution in [0.25, 0.3) is 0 Å². The van der Waals surface area contributed by atoms with Crippen molar-refractivity contribution < 1.29 is 36.5 Å². The first-order valence-electron chi connectivity index (χ1n) is 0. The van der Waals surface area contributed by atoms with Crippen LogP contribution < -0.4 is 0 Å². The number of rotatable bonds is 0. The Morgan fingerprint density at radius 2 is 1.00 bits per heavy atom. The molecule has 0 bridgehead atoms. The second-order valence-corrected chi connectivity index (χ2v) is 0. The summed E-state index contributed by atoms with van der Waals surface area (Å²) in [6, 6.07) is 0. The molecule has 5 heavy (non-hydrogen) atoms. The molecule has 0 amide bonds. The molecule has 0 saturated heterocycles. The average Bonchev–Trinajstić information content (AvgIpc) is 0. The molecule has 0 heterocycles. The predicted octanol–water partition coefficient (Wildman–Crippen LogP) is -0.118. The van der Waals surface area contributed by atoms with Crippen LogP contribution in [-0.4, -0.2) is 42.9 Å². The molecule has 0 saturated carbocycles. The number of hydrogen-bond acceptors (Lipinski definition) is 0. The third kappa shape index (κ3) is 19.7. The Kier molecular flexibility index (Phi) is 258. The molecule has 5 heteroatoms. The summed E-state index contributed by atoms with van der Waals surface area (Å²) in [4.78, 5) is 0. The van der Waals surface area contributed by atoms with Crippen LogP contribution in [-0.2, 0) is 36.5 Å². The van der Waals surface area contributed by atoms with E-state index in [1.807, 2.05) is 0 Å². The Morgan fingerprint density at radius 1 is 1.00 bits per heavy atom. The first kappa shape index (κ1) is 44.9. The smallest absolute Gasteiger partial charge is 0 e. The monoisotopic (exact) mass is 354 g/mol. The molecule has 0 aliphatic carbocycles. The summed E-state index contributed by atoms with van der Waals surface area (Å²) >= 11 is 0. The molecule has 0 N–H and O–H groups in total. The van der Waals surface area contributed by atoms with E-state index in [-0.39, 0.29) is 93.0 Å². The molecule has 8 radical (unpaired) electrons. The largest absolute Gasteiger partial charge is 0 e. The van der Waals surface area contributed by atoms with Crippen molar-refractivity contribution in [3.05, 3.63) is 0 Å². The van der Waals surface area contributed by atoms with Crippen molar-refractivity contribution >= 4 is 56.4 Å². The van der Waals surface area contributed by atoms with E-state index in [1.165, 1.54) is 0 Å². The molecule has 0 rings (SSSR count). The van der Waals surface area contributed by atoms with Gasteiger partial charge < -0.3 is 0 Å². The van der Waals surface area contributed by atoms with E-state index < -0.39 is 0 Å². The van der Waals surface area contributed by atoms with Gasteiger partial charge in [0, 0.05) is 93.0 Å². The zero-order valence-electron chi connectivity index (χ0n) is 2.40. The molecular formula is CuInSSeZn. The van der Waals surface area contributed by atoms with E-state index in [4.69, 9.17) is 0 Å². The normalized spacial score (nSPS) is 0. The Morgan fingerprint density at radius 3 is 1.00 bits per heavy atom. The molecule has 0 atom stereocenters. The van der Waals surface area contributed by atoms with Crippen molar-refractivity contribution in [1.29, 1.82) is 0 Å². The fraction of sp³-hybridized carbons (Fsp3) is 0. The van der Waals surface area contributed by atoms with Gasteiger partial charge in [-0.05, 0) is 0 Å². The number of hydrogen-bond donors (Lipinski definition) is 0. The van der Waals surface area contributed by atoms with Gasteiger partial charge in [-0.15, -0.1) is 0 Å². The van der Waals surface area contributed by atoms with E-state index in [0.29, 0.717) is 0 Å². The summed E-state index contributed by atoms with van der Waals surface area (Å²) in [5.74, 6) is 0. The fourth-order valence-corrected chi connectivity index (χ4v) is 0. The second-order valence-electron chi connectivity index (χ2n) is 0. The fourth-order valence-electron chi connectivity index (χ4n) is 0. The van der Waals surface area contributed by atoms with E-state index in [9.17, 15) is 0 Å². The van der Waals surface area contributed by atoms with E-state index in [1.54, 1.807) is 0 Å². The maximum absolute atomic E-state index is 0. The van der Waals surface area contributed by atoms with Crippen molar-refractivity contribution in [3.8, 4) is 0 Å². The maximum Gasteiger partial charge on any atom is 0 e. The summed E-state index contributed by atoms with van der Waals surface area (Å²) in [6.07, 6.45) is 0. The minimum absolute atomic E-state index is 0. The Labute approximate surface area is 91.5 Å². The van der Waals surface area contributed by atoms with Gasteiger partial charge in [0.2, 0.25) is 0 Å². The first-order chi connectivity index (χ1) is 0. The van der Waals surface area contributed by atoms with Crippen LogP contribution in [0.4, 0.5) is 0 Å². The van der Waals surface area contributed by atoms with E-state index >= 15 is 0 Å². The Bertz CT molecular complexity index is 11.6. The summed E-state index contributed by atoms with van der Waals surface area (Å²) in [6.45, 7) is 0. The van der Waals surface area contributed by atoms with Crippen molar-refractivity contribution in [1.82, 2.24) is 0 Å². The molecule has 0 aromatic heterocycles. The van der Waals surface area contributed by atoms with Gasteiger partial charge in [0.05, 0.1) is 0 Å². The minimum Gasteiger partial charge on any atom is 0 e. The quantitative estimate of drug-likeness (QED) is 0.532. The van der Waals surface area contributed by atoms with Gasteiger partial charge in [-0.2, -0.15) is 0 Å². The van der Waals surface area contributed by atoms with Crippen molar-refractivity contribution in [2.45, 2.75) is 0 Å². The van der Waals surface area contributed by atoms with Crippen molar-refractivity contribution in [3.63, 3.8) is 0 Å². The van der Waals surface area contributed by atoms with Gasteiger partial charge in [-0.3, -0.25) is 0 Å². The van der Waals surface area contributed by atoms with Crippen molar-refractivity contribution in [2.75, 3.05) is 0 Å². The molecule has 0 aromatic rings. The maximum atomic E-state index is 0. The van der Waals surface area contributed by atoms with Gasteiger partial charge in [0.1, 0.15) is 0 Å². The van der Waals surface area contributed by atoms with E-state index in [0.717, 1.165) is 0 Å². The predicted molar refractivity (Wildman–Crippen MR) is 19.1 cm³/mol. The van der Waals surface area contributed by atoms with Crippen LogP contribution >= 0.6 is 13.5 Å². The molecule has 0 aromatic carbocycles. The zero-order chi connectivity index (χ0) is 0. The summed E-state index contributed by atoms with van der Waals surface area (Å²) in [5.41, 5.74) is 0. The average molecular weight is 355 g/mol. The third-order valence-corrected chi connectivity index (χ3v) is 0. The minimum atomic E-state index is 0. The Balaban J connectivity index is 0. The van der Waals surface area contributed by atoms with Crippen molar-refractivity contribution in [2.24, 2.45) is 0 Å². The van der Waals surface area contributed by atoms with Gasteiger partial charge in [0.25, 0.3) is 0 Å². The van der Waals surface area contributed by atoms with Crippen LogP contribution in [0.3, 0.4) is 0 Å². The molecule has 28 valence electrons. The second kappa shape index (κ2) is 28.7. The van der Waals surface area contributed by atoms with Crippen LogP contribution in [0.5, 0.6) is 0 Å². The van der Waals surface area contributed by atoms with Crippen LogP contribution in [0.2, 0.25) is 0 Å². The van der Waals surface area contributed by atoms with Gasteiger partial charge >= 0.3 is 0 Å². The topological polar surface area (TPSA) is 0 Å². The van der Waals surface area contributed by atoms with Gasteiger partial charge in [-0.25, -0.2) is 0 Å². The first-order valence-corrected chi connectivity index (χ1v) is 0. The molecule has 0 spiro atoms. The van der Waals surface area contributed by atoms with Gasteiger partial charge in [-0.1, -0.05) is 0 Å². The SMILES string of the molecule is [Cu].[In].[S].[Se].[Zn]. The molecular weight excluding hydrogens is 355 g/mol. The summed E-state index contributed by atoms with van der Waals surface area (Å²) < 4.78 is 0. The van der Waals surface area contributed by atoms with Crippen LogP contribution in [0, 0.1) is 0 Å². The van der Waals surface area contributed by atoms with Gasteiger partial charge in [0.15, 0.2) is 0 Å². The molecule has 0 aliphatic rings. The molecule has 0 nitrogen and oxygen atoms in total. The molecule has 0 aliphatic heterocycles. The third-order valence-electron chi connectivity index (χ3n) is 0. The zero-order valence-corrected chi connectivity index (χ0v) is 12.1. The standard InChI is InChI=1S/Cu.In.S.Se.Zn. The summed E-state index contributed by atoms with van der Waals surface area (Å²) in [5, 5.41) is 0. The van der Waals surface area contributed by atoms with Crippen LogP contribution in [0.1, 0.15) is 0 Å². The van der Waals surface area contributed by atoms with E-state index in [2.05, 4.69) is 0 Å².